The van der Waals surface area contributed by atoms with Crippen LogP contribution in [0, 0.1) is 6.92 Å². The van der Waals surface area contributed by atoms with Crippen LogP contribution in [0.2, 0.25) is 5.02 Å². The molecule has 2 saturated heterocycles. The molecule has 0 spiro atoms. The number of aryl methyl sites for hydroxylation is 1. The Labute approximate surface area is 184 Å². The summed E-state index contributed by atoms with van der Waals surface area (Å²) in [6, 6.07) is 13.9. The van der Waals surface area contributed by atoms with Crippen molar-refractivity contribution in [1.29, 1.82) is 0 Å². The number of methoxy groups -OCH3 is 1. The highest BCUT2D eigenvalue weighted by Gasteiger charge is 2.53. The molecular weight excluding hydrogens is 418 g/mol. The summed E-state index contributed by atoms with van der Waals surface area (Å²) in [5.74, 6) is 0.633. The fourth-order valence-electron chi connectivity index (χ4n) is 4.53. The number of amides is 2. The molecule has 0 saturated carbocycles. The lowest BCUT2D eigenvalue weighted by atomic mass is 10.0. The molecule has 2 bridgehead atoms. The number of halogens is 1. The van der Waals surface area contributed by atoms with Gasteiger partial charge in [0.05, 0.1) is 18.8 Å². The van der Waals surface area contributed by atoms with Gasteiger partial charge in [-0.3, -0.25) is 9.59 Å². The van der Waals surface area contributed by atoms with E-state index in [2.05, 4.69) is 5.16 Å². The minimum absolute atomic E-state index is 0.138. The highest BCUT2D eigenvalue weighted by atomic mass is 35.5. The van der Waals surface area contributed by atoms with Crippen LogP contribution in [0.25, 0.3) is 11.3 Å². The zero-order valence-corrected chi connectivity index (χ0v) is 17.8. The predicted molar refractivity (Wildman–Crippen MR) is 115 cm³/mol. The molecule has 3 aromatic rings. The van der Waals surface area contributed by atoms with Crippen molar-refractivity contribution in [2.75, 3.05) is 18.6 Å². The number of aromatic nitrogens is 1. The molecule has 7 nitrogen and oxygen atoms in total. The van der Waals surface area contributed by atoms with E-state index in [1.165, 1.54) is 0 Å². The summed E-state index contributed by atoms with van der Waals surface area (Å²) in [6.45, 7) is 2.13. The second-order valence-electron chi connectivity index (χ2n) is 7.72. The van der Waals surface area contributed by atoms with Crippen molar-refractivity contribution < 1.29 is 18.8 Å². The monoisotopic (exact) mass is 437 g/mol. The normalized spacial score (nSPS) is 19.9. The molecular formula is C23H20ClN3O4. The van der Waals surface area contributed by atoms with Crippen LogP contribution < -0.4 is 9.64 Å². The van der Waals surface area contributed by atoms with Crippen molar-refractivity contribution in [2.24, 2.45) is 0 Å². The smallest absolute Gasteiger partial charge is 0.260 e. The molecule has 0 aliphatic carbocycles. The number of anilines is 1. The maximum Gasteiger partial charge on any atom is 0.260 e. The molecule has 158 valence electrons. The second kappa shape index (κ2) is 7.42. The molecule has 2 aliphatic heterocycles. The maximum atomic E-state index is 13.5. The number of hydrogen-bond donors (Lipinski definition) is 0. The highest BCUT2D eigenvalue weighted by Crippen LogP contribution is 2.42. The zero-order valence-electron chi connectivity index (χ0n) is 17.0. The van der Waals surface area contributed by atoms with E-state index in [-0.39, 0.29) is 17.9 Å². The van der Waals surface area contributed by atoms with Crippen molar-refractivity contribution in [1.82, 2.24) is 10.1 Å². The Bertz CT molecular complexity index is 1180. The number of ether oxygens (including phenoxy) is 1. The first kappa shape index (κ1) is 19.6. The lowest BCUT2D eigenvalue weighted by molar-refractivity contribution is -0.121. The van der Waals surface area contributed by atoms with Crippen LogP contribution >= 0.6 is 11.6 Å². The average molecular weight is 438 g/mol. The Balaban J connectivity index is 1.46. The fourth-order valence-corrected chi connectivity index (χ4v) is 4.69. The van der Waals surface area contributed by atoms with Gasteiger partial charge in [0.15, 0.2) is 0 Å². The molecule has 31 heavy (non-hydrogen) atoms. The van der Waals surface area contributed by atoms with Crippen molar-refractivity contribution in [2.45, 2.75) is 25.4 Å². The Hall–Kier alpha value is -3.32. The Morgan fingerprint density at radius 2 is 2.00 bits per heavy atom. The maximum absolute atomic E-state index is 13.5. The predicted octanol–water partition coefficient (Wildman–Crippen LogP) is 3.94. The van der Waals surface area contributed by atoms with Crippen LogP contribution in [-0.2, 0) is 4.79 Å². The molecule has 2 fully saturated rings. The van der Waals surface area contributed by atoms with E-state index < -0.39 is 6.04 Å². The van der Waals surface area contributed by atoms with E-state index in [9.17, 15) is 9.59 Å². The molecule has 2 atom stereocenters. The number of hydrogen-bond acceptors (Lipinski definition) is 5. The highest BCUT2D eigenvalue weighted by molar-refractivity contribution is 6.31. The van der Waals surface area contributed by atoms with Gasteiger partial charge in [-0.2, -0.15) is 0 Å². The van der Waals surface area contributed by atoms with E-state index in [4.69, 9.17) is 20.9 Å². The van der Waals surface area contributed by atoms with Gasteiger partial charge in [0.25, 0.3) is 5.91 Å². The Kier molecular flexibility index (Phi) is 4.70. The number of nitrogens with zero attached hydrogens (tertiary/aromatic N) is 3. The molecule has 2 aromatic carbocycles. The molecule has 2 amide bonds. The second-order valence-corrected chi connectivity index (χ2v) is 8.15. The van der Waals surface area contributed by atoms with E-state index >= 15 is 0 Å². The summed E-state index contributed by atoms with van der Waals surface area (Å²) < 4.78 is 10.8. The summed E-state index contributed by atoms with van der Waals surface area (Å²) in [4.78, 5) is 30.1. The molecule has 0 unspecified atom stereocenters. The SMILES string of the molecule is COc1ccc(Cl)cc1N1C(=O)[C@@H]2C[C@H]1CN2C(=O)c1c(-c2ccccc2)noc1C. The van der Waals surface area contributed by atoms with E-state index in [0.29, 0.717) is 46.4 Å². The van der Waals surface area contributed by atoms with Gasteiger partial charge >= 0.3 is 0 Å². The third-order valence-corrected chi connectivity index (χ3v) is 6.19. The largest absolute Gasteiger partial charge is 0.495 e. The van der Waals surface area contributed by atoms with E-state index in [0.717, 1.165) is 5.56 Å². The Morgan fingerprint density at radius 3 is 2.71 bits per heavy atom. The lowest BCUT2D eigenvalue weighted by Crippen LogP contribution is -2.52. The standard InChI is InChI=1S/C23H20ClN3O4/c1-13-20(21(25-31-13)14-6-4-3-5-7-14)23(29)26-12-16-11-18(26)22(28)27(16)17-10-15(24)8-9-19(17)30-2/h3-10,16,18H,11-12H2,1-2H3/t16-,18-/m0/s1. The lowest BCUT2D eigenvalue weighted by Gasteiger charge is -2.34. The first-order chi connectivity index (χ1) is 15.0. The number of benzene rings is 2. The van der Waals surface area contributed by atoms with Gasteiger partial charge in [0.2, 0.25) is 5.91 Å². The molecule has 0 radical (unpaired) electrons. The van der Waals surface area contributed by atoms with Gasteiger partial charge in [-0.15, -0.1) is 0 Å². The third kappa shape index (κ3) is 3.08. The summed E-state index contributed by atoms with van der Waals surface area (Å²) in [7, 11) is 1.56. The molecule has 5 rings (SSSR count). The Morgan fingerprint density at radius 1 is 1.23 bits per heavy atom. The summed E-state index contributed by atoms with van der Waals surface area (Å²) in [6.07, 6.45) is 0.561. The van der Waals surface area contributed by atoms with Crippen molar-refractivity contribution in [3.05, 3.63) is 64.9 Å². The van der Waals surface area contributed by atoms with Crippen LogP contribution in [0.3, 0.4) is 0 Å². The molecule has 2 aliphatic rings. The van der Waals surface area contributed by atoms with Crippen LogP contribution in [0.5, 0.6) is 5.75 Å². The number of carbonyl (C=O) groups is 2. The molecule has 3 heterocycles. The van der Waals surface area contributed by atoms with Crippen molar-refractivity contribution >= 4 is 29.1 Å². The van der Waals surface area contributed by atoms with Gasteiger partial charge < -0.3 is 19.1 Å². The van der Waals surface area contributed by atoms with Crippen molar-refractivity contribution in [3.8, 4) is 17.0 Å². The zero-order chi connectivity index (χ0) is 21.7. The summed E-state index contributed by atoms with van der Waals surface area (Å²) in [5.41, 5.74) is 2.32. The number of likely N-dealkylation sites (tertiary alicyclic amines) is 1. The number of fused-ring (bicyclic) bond motifs is 2. The topological polar surface area (TPSA) is 75.9 Å². The average Bonchev–Trinajstić information content (AvgIpc) is 3.46. The van der Waals surface area contributed by atoms with Gasteiger partial charge in [0.1, 0.15) is 28.8 Å². The summed E-state index contributed by atoms with van der Waals surface area (Å²) in [5, 5.41) is 4.63. The quantitative estimate of drug-likeness (QED) is 0.618. The van der Waals surface area contributed by atoms with Gasteiger partial charge in [-0.25, -0.2) is 0 Å². The first-order valence-electron chi connectivity index (χ1n) is 9.99. The number of piperazine rings is 1. The van der Waals surface area contributed by atoms with Gasteiger partial charge in [-0.1, -0.05) is 47.1 Å². The van der Waals surface area contributed by atoms with Gasteiger partial charge in [0, 0.05) is 17.1 Å². The summed E-state index contributed by atoms with van der Waals surface area (Å²) >= 11 is 6.17. The number of rotatable bonds is 4. The van der Waals surface area contributed by atoms with Crippen LogP contribution in [-0.4, -0.2) is 47.6 Å². The minimum Gasteiger partial charge on any atom is -0.495 e. The fraction of sp³-hybridized carbons (Fsp3) is 0.261. The first-order valence-corrected chi connectivity index (χ1v) is 10.4. The van der Waals surface area contributed by atoms with Gasteiger partial charge in [-0.05, 0) is 31.5 Å². The van der Waals surface area contributed by atoms with Crippen LogP contribution in [0.4, 0.5) is 5.69 Å². The molecule has 8 heteroatoms. The van der Waals surface area contributed by atoms with E-state index in [1.807, 2.05) is 30.3 Å². The number of carbonyl (C=O) groups excluding carboxylic acids is 2. The van der Waals surface area contributed by atoms with Crippen LogP contribution in [0.1, 0.15) is 22.5 Å². The molecule has 1 aromatic heterocycles. The minimum atomic E-state index is -0.542. The van der Waals surface area contributed by atoms with E-state index in [1.54, 1.807) is 42.0 Å². The third-order valence-electron chi connectivity index (χ3n) is 5.95. The molecule has 0 N–H and O–H groups in total. The van der Waals surface area contributed by atoms with Crippen molar-refractivity contribution in [3.63, 3.8) is 0 Å². The van der Waals surface area contributed by atoms with Crippen LogP contribution in [0.15, 0.2) is 53.1 Å².